The van der Waals surface area contributed by atoms with Gasteiger partial charge >= 0.3 is 5.97 Å². The molecule has 0 saturated carbocycles. The summed E-state index contributed by atoms with van der Waals surface area (Å²) in [6, 6.07) is 0. The Labute approximate surface area is 98.9 Å². The van der Waals surface area contributed by atoms with Crippen molar-refractivity contribution in [3.05, 3.63) is 0 Å². The Kier molecular flexibility index (Phi) is 8.50. The number of carboxylic acid groups (broad SMARTS) is 2. The van der Waals surface area contributed by atoms with Gasteiger partial charge in [-0.2, -0.15) is 0 Å². The van der Waals surface area contributed by atoms with E-state index in [0.29, 0.717) is 0 Å². The van der Waals surface area contributed by atoms with Crippen LogP contribution in [0.1, 0.15) is 0 Å². The minimum absolute atomic E-state index is 0.281. The predicted octanol–water partition coefficient (Wildman–Crippen LogP) is -3.77. The van der Waals surface area contributed by atoms with Gasteiger partial charge in [0.05, 0.1) is 33.7 Å². The second-order valence-electron chi connectivity index (χ2n) is 4.28. The molecule has 0 aromatic rings. The Morgan fingerprint density at radius 1 is 1.18 bits per heavy atom. The molecule has 0 bridgehead atoms. The van der Waals surface area contributed by atoms with Gasteiger partial charge in [-0.05, 0) is 0 Å². The van der Waals surface area contributed by atoms with E-state index in [0.717, 1.165) is 11.0 Å². The maximum Gasteiger partial charge on any atom is 0.335 e. The largest absolute Gasteiger partial charge is 0.547 e. The van der Waals surface area contributed by atoms with Crippen LogP contribution in [0, 0.1) is 0 Å². The molecule has 2 atom stereocenters. The highest BCUT2D eigenvalue weighted by Gasteiger charge is 2.23. The van der Waals surface area contributed by atoms with E-state index in [1.165, 1.54) is 0 Å². The summed E-state index contributed by atoms with van der Waals surface area (Å²) in [5.74, 6) is -3.83. The van der Waals surface area contributed by atoms with Gasteiger partial charge in [-0.25, -0.2) is 4.79 Å². The molecule has 0 rings (SSSR count). The first-order valence-corrected chi connectivity index (χ1v) is 4.74. The summed E-state index contributed by atoms with van der Waals surface area (Å²) in [4.78, 5) is 19.4. The van der Waals surface area contributed by atoms with Gasteiger partial charge in [0.15, 0.2) is 6.10 Å². The molecule has 0 aromatic heterocycles. The van der Waals surface area contributed by atoms with Gasteiger partial charge in [0.2, 0.25) is 0 Å². The monoisotopic (exact) mass is 253 g/mol. The van der Waals surface area contributed by atoms with E-state index >= 15 is 0 Å². The summed E-state index contributed by atoms with van der Waals surface area (Å²) < 4.78 is 0.844. The van der Waals surface area contributed by atoms with Gasteiger partial charge in [-0.1, -0.05) is 0 Å². The number of quaternary nitrogens is 1. The fourth-order valence-corrected chi connectivity index (χ4v) is 0.564. The SMILES string of the molecule is C[N+](C)(C)CCO.O=C([O-])[C@H](O)[C@@H](O)C(=O)O. The standard InChI is InChI=1S/C5H14NO.C4H6O6/c1-6(2,3)4-5-7;5-1(3(7)8)2(6)4(9)10/h7H,4-5H2,1-3H3;1-2,5-6H,(H,7,8)(H,9,10)/q+1;/p-1/t;1-,2-/m.1/s1. The molecule has 0 aliphatic heterocycles. The number of likely N-dealkylation sites (N-methyl/N-ethyl adjacent to an activating group) is 1. The lowest BCUT2D eigenvalue weighted by atomic mass is 10.2. The normalized spacial score (nSPS) is 14.2. The van der Waals surface area contributed by atoms with Crippen LogP contribution in [-0.4, -0.2) is 83.4 Å². The molecule has 4 N–H and O–H groups in total. The molecule has 0 spiro atoms. The van der Waals surface area contributed by atoms with E-state index in [2.05, 4.69) is 21.1 Å². The van der Waals surface area contributed by atoms with Crippen molar-refractivity contribution in [2.75, 3.05) is 34.3 Å². The molecular weight excluding hydrogens is 234 g/mol. The number of nitrogens with zero attached hydrogens (tertiary/aromatic N) is 1. The third kappa shape index (κ3) is 11.1. The van der Waals surface area contributed by atoms with E-state index in [9.17, 15) is 14.7 Å². The predicted molar refractivity (Wildman–Crippen MR) is 54.6 cm³/mol. The third-order valence-electron chi connectivity index (χ3n) is 1.56. The zero-order chi connectivity index (χ0) is 14.2. The van der Waals surface area contributed by atoms with Crippen LogP contribution in [0.4, 0.5) is 0 Å². The number of carbonyl (C=O) groups excluding carboxylic acids is 1. The van der Waals surface area contributed by atoms with Crippen molar-refractivity contribution in [1.82, 2.24) is 0 Å². The summed E-state index contributed by atoms with van der Waals surface area (Å²) in [5, 5.41) is 42.5. The van der Waals surface area contributed by atoms with E-state index in [1.54, 1.807) is 0 Å². The average Bonchev–Trinajstić information content (AvgIpc) is 2.14. The minimum Gasteiger partial charge on any atom is -0.547 e. The number of aliphatic hydroxyl groups excluding tert-OH is 3. The van der Waals surface area contributed by atoms with Crippen LogP contribution in [0.2, 0.25) is 0 Å². The summed E-state index contributed by atoms with van der Waals surface area (Å²) in [6.07, 6.45) is -4.71. The van der Waals surface area contributed by atoms with Gasteiger partial charge in [-0.3, -0.25) is 0 Å². The van der Waals surface area contributed by atoms with Crippen LogP contribution >= 0.6 is 0 Å². The zero-order valence-electron chi connectivity index (χ0n) is 10.0. The summed E-state index contributed by atoms with van der Waals surface area (Å²) in [7, 11) is 6.16. The smallest absolute Gasteiger partial charge is 0.335 e. The van der Waals surface area contributed by atoms with Crippen LogP contribution in [0.3, 0.4) is 0 Å². The van der Waals surface area contributed by atoms with Crippen LogP contribution in [0.25, 0.3) is 0 Å². The average molecular weight is 253 g/mol. The highest BCUT2D eigenvalue weighted by atomic mass is 16.4. The number of hydrogen-bond acceptors (Lipinski definition) is 6. The van der Waals surface area contributed by atoms with Crippen molar-refractivity contribution in [2.24, 2.45) is 0 Å². The molecule has 0 aliphatic carbocycles. The molecule has 102 valence electrons. The molecule has 0 unspecified atom stereocenters. The molecule has 17 heavy (non-hydrogen) atoms. The quantitative estimate of drug-likeness (QED) is 0.369. The van der Waals surface area contributed by atoms with Gasteiger partial charge in [0.1, 0.15) is 12.6 Å². The van der Waals surface area contributed by atoms with Crippen LogP contribution in [0.5, 0.6) is 0 Å². The molecule has 0 aromatic carbocycles. The first-order chi connectivity index (χ1) is 7.52. The maximum absolute atomic E-state index is 9.74. The number of aliphatic hydroxyl groups is 3. The first kappa shape index (κ1) is 18.2. The fraction of sp³-hybridized carbons (Fsp3) is 0.778. The van der Waals surface area contributed by atoms with Gasteiger partial charge in [0.25, 0.3) is 0 Å². The van der Waals surface area contributed by atoms with E-state index in [1.807, 2.05) is 0 Å². The van der Waals surface area contributed by atoms with E-state index in [4.69, 9.17) is 20.4 Å². The Morgan fingerprint density at radius 2 is 1.59 bits per heavy atom. The van der Waals surface area contributed by atoms with Crippen molar-refractivity contribution >= 4 is 11.9 Å². The maximum atomic E-state index is 9.74. The van der Waals surface area contributed by atoms with Crippen molar-refractivity contribution in [3.63, 3.8) is 0 Å². The van der Waals surface area contributed by atoms with Crippen LogP contribution in [0.15, 0.2) is 0 Å². The summed E-state index contributed by atoms with van der Waals surface area (Å²) in [6.45, 7) is 1.11. The zero-order valence-corrected chi connectivity index (χ0v) is 10.0. The Bertz CT molecular complexity index is 230. The Morgan fingerprint density at radius 3 is 1.65 bits per heavy atom. The van der Waals surface area contributed by atoms with Crippen molar-refractivity contribution < 1.29 is 39.6 Å². The molecule has 0 amide bonds. The van der Waals surface area contributed by atoms with Crippen LogP contribution < -0.4 is 5.11 Å². The summed E-state index contributed by atoms with van der Waals surface area (Å²) >= 11 is 0. The molecule has 8 heteroatoms. The first-order valence-electron chi connectivity index (χ1n) is 4.74. The molecule has 0 fully saturated rings. The fourth-order valence-electron chi connectivity index (χ4n) is 0.564. The third-order valence-corrected chi connectivity index (χ3v) is 1.56. The number of rotatable bonds is 5. The molecule has 0 radical (unpaired) electrons. The lowest BCUT2D eigenvalue weighted by Crippen LogP contribution is -2.46. The Balaban J connectivity index is 0. The number of carboxylic acids is 2. The molecule has 0 saturated heterocycles. The molecular formula is C9H19NO7. The van der Waals surface area contributed by atoms with Crippen molar-refractivity contribution in [1.29, 1.82) is 0 Å². The summed E-state index contributed by atoms with van der Waals surface area (Å²) in [5.41, 5.74) is 0. The Hall–Kier alpha value is -1.22. The number of hydrogen-bond donors (Lipinski definition) is 4. The minimum atomic E-state index is -2.38. The molecule has 0 aliphatic rings. The second kappa shape index (κ2) is 7.96. The lowest BCUT2D eigenvalue weighted by Gasteiger charge is -2.21. The lowest BCUT2D eigenvalue weighted by molar-refractivity contribution is -0.870. The molecule has 0 heterocycles. The van der Waals surface area contributed by atoms with Gasteiger partial charge in [0, 0.05) is 0 Å². The second-order valence-corrected chi connectivity index (χ2v) is 4.28. The van der Waals surface area contributed by atoms with E-state index in [-0.39, 0.29) is 6.61 Å². The topological polar surface area (TPSA) is 138 Å². The highest BCUT2D eigenvalue weighted by Crippen LogP contribution is 1.90. The van der Waals surface area contributed by atoms with Gasteiger partial charge in [-0.15, -0.1) is 0 Å². The highest BCUT2D eigenvalue weighted by molar-refractivity contribution is 5.81. The van der Waals surface area contributed by atoms with Gasteiger partial charge < -0.3 is 34.8 Å². The van der Waals surface area contributed by atoms with Crippen molar-refractivity contribution in [2.45, 2.75) is 12.2 Å². The van der Waals surface area contributed by atoms with Crippen molar-refractivity contribution in [3.8, 4) is 0 Å². The molecule has 8 nitrogen and oxygen atoms in total. The van der Waals surface area contributed by atoms with E-state index < -0.39 is 24.1 Å². The van der Waals surface area contributed by atoms with Crippen LogP contribution in [-0.2, 0) is 9.59 Å². The number of carbonyl (C=O) groups is 2. The number of aliphatic carboxylic acids is 2.